The van der Waals surface area contributed by atoms with Gasteiger partial charge in [-0.15, -0.1) is 0 Å². The maximum absolute atomic E-state index is 13.1. The average molecular weight is 534 g/mol. The number of hydrogen-bond acceptors (Lipinski definition) is 8. The van der Waals surface area contributed by atoms with Gasteiger partial charge in [0.2, 0.25) is 17.7 Å². The largest absolute Gasteiger partial charge is 0.480 e. The summed E-state index contributed by atoms with van der Waals surface area (Å²) in [6.07, 6.45) is 6.54. The molecule has 9 N–H and O–H groups in total. The van der Waals surface area contributed by atoms with E-state index in [-0.39, 0.29) is 37.3 Å². The highest BCUT2D eigenvalue weighted by Gasteiger charge is 2.31. The summed E-state index contributed by atoms with van der Waals surface area (Å²) >= 11 is 3.01. The van der Waals surface area contributed by atoms with Crippen LogP contribution in [0.2, 0.25) is 0 Å². The molecule has 200 valence electrons. The number of rotatable bonds is 17. The maximum Gasteiger partial charge on any atom is 0.326 e. The lowest BCUT2D eigenvalue weighted by Crippen LogP contribution is -2.57. The molecule has 1 fully saturated rings. The van der Waals surface area contributed by atoms with Crippen molar-refractivity contribution in [2.75, 3.05) is 37.1 Å². The predicted octanol–water partition coefficient (Wildman–Crippen LogP) is -1.16. The maximum atomic E-state index is 13.1. The van der Waals surface area contributed by atoms with E-state index in [0.717, 1.165) is 13.0 Å². The van der Waals surface area contributed by atoms with E-state index in [1.54, 1.807) is 0 Å². The topological polar surface area (TPSA) is 201 Å². The molecule has 1 rings (SSSR count). The third kappa shape index (κ3) is 12.4. The van der Waals surface area contributed by atoms with E-state index in [2.05, 4.69) is 26.3 Å². The standard InChI is InChI=1S/C21H39N7O5S2/c1-34-11-7-15(27-17(29)13-5-3-9-24-13)19(31)26-14(6-4-10-25-21(22)23)18(30)28-16(20(32)33)8-12-35-2/h13-16,24H,3-12H2,1-2H3,(H,26,31)(H,27,29)(H,28,30)(H,32,33)(H4,22,23,25). The van der Waals surface area contributed by atoms with E-state index in [0.29, 0.717) is 30.8 Å². The van der Waals surface area contributed by atoms with E-state index in [1.807, 2.05) is 12.5 Å². The first-order valence-electron chi connectivity index (χ1n) is 11.6. The first-order valence-corrected chi connectivity index (χ1v) is 14.4. The first kappa shape index (κ1) is 30.8. The van der Waals surface area contributed by atoms with Gasteiger partial charge < -0.3 is 37.8 Å². The van der Waals surface area contributed by atoms with Gasteiger partial charge in [-0.1, -0.05) is 0 Å². The Labute approximate surface area is 214 Å². The normalized spacial score (nSPS) is 17.6. The fraction of sp³-hybridized carbons (Fsp3) is 0.762. The lowest BCUT2D eigenvalue weighted by atomic mass is 10.1. The van der Waals surface area contributed by atoms with E-state index in [9.17, 15) is 24.3 Å². The molecule has 0 aromatic rings. The fourth-order valence-electron chi connectivity index (χ4n) is 3.50. The number of carboxylic acid groups (broad SMARTS) is 1. The molecule has 1 aliphatic rings. The average Bonchev–Trinajstić information content (AvgIpc) is 3.35. The summed E-state index contributed by atoms with van der Waals surface area (Å²) in [5, 5.41) is 20.6. The van der Waals surface area contributed by atoms with Crippen LogP contribution in [0, 0.1) is 0 Å². The van der Waals surface area contributed by atoms with Crippen molar-refractivity contribution in [2.45, 2.75) is 62.7 Å². The zero-order chi connectivity index (χ0) is 26.2. The van der Waals surface area contributed by atoms with Gasteiger partial charge in [0.1, 0.15) is 18.1 Å². The van der Waals surface area contributed by atoms with Gasteiger partial charge in [-0.2, -0.15) is 23.5 Å². The summed E-state index contributed by atoms with van der Waals surface area (Å²) in [6, 6.07) is -3.25. The highest BCUT2D eigenvalue weighted by molar-refractivity contribution is 7.98. The molecule has 0 saturated carbocycles. The number of thioether (sulfide) groups is 2. The summed E-state index contributed by atoms with van der Waals surface area (Å²) < 4.78 is 0. The van der Waals surface area contributed by atoms with Crippen LogP contribution in [0.1, 0.15) is 38.5 Å². The molecule has 3 amide bonds. The number of nitrogens with one attached hydrogen (secondary N) is 4. The van der Waals surface area contributed by atoms with Crippen molar-refractivity contribution in [2.24, 2.45) is 16.5 Å². The molecule has 1 saturated heterocycles. The molecule has 1 aliphatic heterocycles. The number of hydrogen-bond donors (Lipinski definition) is 7. The lowest BCUT2D eigenvalue weighted by Gasteiger charge is -2.25. The van der Waals surface area contributed by atoms with Crippen LogP contribution >= 0.6 is 23.5 Å². The highest BCUT2D eigenvalue weighted by atomic mass is 32.2. The Morgan fingerprint density at radius 2 is 1.54 bits per heavy atom. The molecule has 35 heavy (non-hydrogen) atoms. The van der Waals surface area contributed by atoms with Crippen LogP contribution in [0.15, 0.2) is 4.99 Å². The molecule has 4 unspecified atom stereocenters. The molecular weight excluding hydrogens is 494 g/mol. The molecule has 0 aromatic heterocycles. The number of nitrogens with zero attached hydrogens (tertiary/aromatic N) is 1. The minimum absolute atomic E-state index is 0.0848. The highest BCUT2D eigenvalue weighted by Crippen LogP contribution is 2.09. The summed E-state index contributed by atoms with van der Waals surface area (Å²) in [4.78, 5) is 54.2. The van der Waals surface area contributed by atoms with Gasteiger partial charge in [0.05, 0.1) is 6.04 Å². The zero-order valence-corrected chi connectivity index (χ0v) is 22.0. The molecule has 12 nitrogen and oxygen atoms in total. The number of carbonyl (C=O) groups excluding carboxylic acids is 3. The minimum Gasteiger partial charge on any atom is -0.480 e. The number of aliphatic carboxylic acids is 1. The molecule has 0 radical (unpaired) electrons. The van der Waals surface area contributed by atoms with Gasteiger partial charge in [0.25, 0.3) is 0 Å². The molecular formula is C21H39N7O5S2. The molecule has 0 bridgehead atoms. The Balaban J connectivity index is 2.92. The molecule has 0 aliphatic carbocycles. The quantitative estimate of drug-likeness (QED) is 0.0679. The van der Waals surface area contributed by atoms with Crippen LogP contribution < -0.4 is 32.7 Å². The fourth-order valence-corrected chi connectivity index (χ4v) is 4.44. The number of aliphatic imine (C=N–C) groups is 1. The van der Waals surface area contributed by atoms with E-state index in [4.69, 9.17) is 11.5 Å². The molecule has 0 spiro atoms. The van der Waals surface area contributed by atoms with Crippen LogP contribution in [-0.4, -0.2) is 96.0 Å². The summed E-state index contributed by atoms with van der Waals surface area (Å²) in [5.41, 5.74) is 10.7. The smallest absolute Gasteiger partial charge is 0.326 e. The van der Waals surface area contributed by atoms with Crippen molar-refractivity contribution in [1.82, 2.24) is 21.3 Å². The first-order chi connectivity index (χ1) is 16.7. The second kappa shape index (κ2) is 17.3. The Morgan fingerprint density at radius 1 is 0.971 bits per heavy atom. The number of nitrogens with two attached hydrogens (primary N) is 2. The third-order valence-corrected chi connectivity index (χ3v) is 6.71. The van der Waals surface area contributed by atoms with Crippen LogP contribution in [0.25, 0.3) is 0 Å². The number of guanidine groups is 1. The van der Waals surface area contributed by atoms with E-state index in [1.165, 1.54) is 23.5 Å². The molecule has 4 atom stereocenters. The van der Waals surface area contributed by atoms with Gasteiger partial charge in [-0.3, -0.25) is 19.4 Å². The number of amides is 3. The number of carbonyl (C=O) groups is 4. The van der Waals surface area contributed by atoms with Crippen molar-refractivity contribution in [3.63, 3.8) is 0 Å². The van der Waals surface area contributed by atoms with Crippen molar-refractivity contribution < 1.29 is 24.3 Å². The van der Waals surface area contributed by atoms with Gasteiger partial charge in [0.15, 0.2) is 5.96 Å². The van der Waals surface area contributed by atoms with Crippen LogP contribution in [0.4, 0.5) is 0 Å². The number of carboxylic acids is 1. The summed E-state index contributed by atoms with van der Waals surface area (Å²) in [7, 11) is 0. The Morgan fingerprint density at radius 3 is 2.06 bits per heavy atom. The Bertz CT molecular complexity index is 731. The van der Waals surface area contributed by atoms with E-state index < -0.39 is 35.9 Å². The predicted molar refractivity (Wildman–Crippen MR) is 140 cm³/mol. The Kier molecular flexibility index (Phi) is 15.2. The van der Waals surface area contributed by atoms with E-state index >= 15 is 0 Å². The second-order valence-electron chi connectivity index (χ2n) is 8.18. The SMILES string of the molecule is CSCCC(NC(=O)C(CCCN=C(N)N)NC(=O)C(CCSC)NC(=O)C1CCCN1)C(=O)O. The van der Waals surface area contributed by atoms with Crippen molar-refractivity contribution in [1.29, 1.82) is 0 Å². The van der Waals surface area contributed by atoms with Crippen molar-refractivity contribution in [3.8, 4) is 0 Å². The van der Waals surface area contributed by atoms with Gasteiger partial charge in [-0.05, 0) is 69.1 Å². The van der Waals surface area contributed by atoms with Crippen molar-refractivity contribution in [3.05, 3.63) is 0 Å². The molecule has 1 heterocycles. The third-order valence-electron chi connectivity index (χ3n) is 5.42. The zero-order valence-electron chi connectivity index (χ0n) is 20.4. The van der Waals surface area contributed by atoms with Crippen LogP contribution in [0.3, 0.4) is 0 Å². The van der Waals surface area contributed by atoms with Crippen LogP contribution in [-0.2, 0) is 19.2 Å². The minimum atomic E-state index is -1.15. The molecule has 14 heteroatoms. The van der Waals surface area contributed by atoms with Gasteiger partial charge >= 0.3 is 5.97 Å². The molecule has 0 aromatic carbocycles. The monoisotopic (exact) mass is 533 g/mol. The van der Waals surface area contributed by atoms with Gasteiger partial charge in [0, 0.05) is 6.54 Å². The Hall–Kier alpha value is -2.19. The van der Waals surface area contributed by atoms with Gasteiger partial charge in [-0.25, -0.2) is 4.79 Å². The second-order valence-corrected chi connectivity index (χ2v) is 10.2. The van der Waals surface area contributed by atoms with Crippen molar-refractivity contribution >= 4 is 53.2 Å². The summed E-state index contributed by atoms with van der Waals surface area (Å²) in [6.45, 7) is 0.996. The summed E-state index contributed by atoms with van der Waals surface area (Å²) in [5.74, 6) is -1.40. The lowest BCUT2D eigenvalue weighted by molar-refractivity contribution is -0.142. The van der Waals surface area contributed by atoms with Crippen LogP contribution in [0.5, 0.6) is 0 Å².